The third-order valence-electron chi connectivity index (χ3n) is 4.83. The van der Waals surface area contributed by atoms with Gasteiger partial charge >= 0.3 is 0 Å². The molecule has 1 aromatic heterocycles. The Bertz CT molecular complexity index is 1030. The van der Waals surface area contributed by atoms with Crippen LogP contribution >= 0.6 is 11.3 Å². The minimum atomic E-state index is -0.432. The van der Waals surface area contributed by atoms with Crippen LogP contribution in [0.2, 0.25) is 0 Å². The molecule has 1 radical (unpaired) electrons. The summed E-state index contributed by atoms with van der Waals surface area (Å²) in [6.45, 7) is 6.83. The molecule has 32 heavy (non-hydrogen) atoms. The molecule has 0 aliphatic rings. The number of carbonyl (C=O) groups excluding carboxylic acids is 1. The van der Waals surface area contributed by atoms with Gasteiger partial charge in [-0.2, -0.15) is 12.1 Å². The number of ether oxygens (including phenoxy) is 1. The quantitative estimate of drug-likeness (QED) is 0.165. The molecule has 8 heteroatoms. The number of nitrogens with zero attached hydrogens (tertiary/aromatic N) is 2. The number of nitro groups is 1. The fourth-order valence-corrected chi connectivity index (χ4v) is 3.68. The summed E-state index contributed by atoms with van der Waals surface area (Å²) < 4.78 is 5.72. The largest absolute Gasteiger partial charge is 0.387 e. The Kier molecular flexibility index (Phi) is 9.71. The summed E-state index contributed by atoms with van der Waals surface area (Å²) in [4.78, 5) is 27.2. The Morgan fingerprint density at radius 1 is 1.16 bits per heavy atom. The second-order valence-electron chi connectivity index (χ2n) is 8.11. The fraction of sp³-hybridized carbons (Fsp3) is 0.292. The first kappa shape index (κ1) is 26.3. The van der Waals surface area contributed by atoms with Crippen molar-refractivity contribution in [1.82, 2.24) is 0 Å². The first-order valence-corrected chi connectivity index (χ1v) is 10.8. The van der Waals surface area contributed by atoms with Gasteiger partial charge in [-0.1, -0.05) is 45.0 Å². The molecule has 165 valence electrons. The van der Waals surface area contributed by atoms with E-state index in [4.69, 9.17) is 4.74 Å². The average Bonchev–Trinajstić information content (AvgIpc) is 3.26. The first-order chi connectivity index (χ1) is 14.8. The number of anilines is 1. The fourth-order valence-electron chi connectivity index (χ4n) is 3.11. The maximum absolute atomic E-state index is 13.3. The molecular formula is C24H25N2O4SY-. The first-order valence-electron chi connectivity index (χ1n) is 9.95. The summed E-state index contributed by atoms with van der Waals surface area (Å²) in [6.07, 6.45) is 0. The molecule has 0 N–H and O–H groups in total. The zero-order valence-corrected chi connectivity index (χ0v) is 22.1. The summed E-state index contributed by atoms with van der Waals surface area (Å²) >= 11 is 1.47. The van der Waals surface area contributed by atoms with Crippen molar-refractivity contribution in [2.45, 2.75) is 32.8 Å². The third kappa shape index (κ3) is 6.78. The third-order valence-corrected chi connectivity index (χ3v) is 5.60. The van der Waals surface area contributed by atoms with Crippen molar-refractivity contribution >= 4 is 28.6 Å². The van der Waals surface area contributed by atoms with Crippen molar-refractivity contribution < 1.29 is 47.2 Å². The molecule has 1 amide bonds. The molecule has 0 unspecified atom stereocenters. The predicted molar refractivity (Wildman–Crippen MR) is 123 cm³/mol. The van der Waals surface area contributed by atoms with Crippen LogP contribution in [0.1, 0.15) is 41.6 Å². The predicted octanol–water partition coefficient (Wildman–Crippen LogP) is 5.62. The van der Waals surface area contributed by atoms with Gasteiger partial charge in [0.2, 0.25) is 0 Å². The van der Waals surface area contributed by atoms with E-state index in [1.807, 2.05) is 45.0 Å². The van der Waals surface area contributed by atoms with Gasteiger partial charge in [0.15, 0.2) is 0 Å². The van der Waals surface area contributed by atoms with Crippen LogP contribution in [0.15, 0.2) is 60.7 Å². The molecule has 0 fully saturated rings. The van der Waals surface area contributed by atoms with Crippen LogP contribution in [0.5, 0.6) is 0 Å². The van der Waals surface area contributed by atoms with E-state index < -0.39 is 4.92 Å². The van der Waals surface area contributed by atoms with Gasteiger partial charge in [-0.15, -0.1) is 10.3 Å². The van der Waals surface area contributed by atoms with E-state index in [9.17, 15) is 14.9 Å². The number of nitro benzene ring substituents is 1. The van der Waals surface area contributed by atoms with Crippen LogP contribution in [0.3, 0.4) is 0 Å². The van der Waals surface area contributed by atoms with Crippen molar-refractivity contribution in [1.29, 1.82) is 0 Å². The van der Waals surface area contributed by atoms with E-state index in [1.165, 1.54) is 16.2 Å². The number of amides is 1. The Labute approximate surface area is 217 Å². The molecule has 0 saturated heterocycles. The van der Waals surface area contributed by atoms with E-state index in [0.29, 0.717) is 12.2 Å². The molecule has 0 aliphatic carbocycles. The van der Waals surface area contributed by atoms with Gasteiger partial charge in [0, 0.05) is 57.5 Å². The van der Waals surface area contributed by atoms with E-state index in [-0.39, 0.29) is 68.6 Å². The number of hydrogen-bond donors (Lipinski definition) is 0. The average molecular weight is 526 g/mol. The van der Waals surface area contributed by atoms with E-state index in [1.54, 1.807) is 36.4 Å². The van der Waals surface area contributed by atoms with Crippen LogP contribution in [0.4, 0.5) is 11.4 Å². The molecule has 0 aliphatic heterocycles. The molecule has 2 aromatic carbocycles. The molecule has 3 rings (SSSR count). The molecule has 0 spiro atoms. The molecule has 6 nitrogen and oxygen atoms in total. The van der Waals surface area contributed by atoms with Gasteiger partial charge in [0.1, 0.15) is 5.69 Å². The maximum atomic E-state index is 13.3. The van der Waals surface area contributed by atoms with Crippen molar-refractivity contribution in [3.05, 3.63) is 92.2 Å². The molecule has 0 saturated carbocycles. The molecule has 0 bridgehead atoms. The van der Waals surface area contributed by atoms with Gasteiger partial charge in [-0.25, -0.2) is 0 Å². The van der Waals surface area contributed by atoms with Crippen LogP contribution in [-0.2, 0) is 49.5 Å². The minimum Gasteiger partial charge on any atom is -0.387 e. The zero-order chi connectivity index (χ0) is 22.4. The van der Waals surface area contributed by atoms with Crippen LogP contribution in [0, 0.1) is 15.5 Å². The summed E-state index contributed by atoms with van der Waals surface area (Å²) in [7, 11) is 0. The number of benzene rings is 2. The van der Waals surface area contributed by atoms with Crippen LogP contribution < -0.4 is 4.90 Å². The maximum Gasteiger partial charge on any atom is 0.293 e. The van der Waals surface area contributed by atoms with Gasteiger partial charge in [-0.05, 0) is 29.2 Å². The molecule has 1 heterocycles. The van der Waals surface area contributed by atoms with Gasteiger partial charge in [0.25, 0.3) is 11.6 Å². The second kappa shape index (κ2) is 11.8. The monoisotopic (exact) mass is 526 g/mol. The number of rotatable bonds is 8. The smallest absolute Gasteiger partial charge is 0.293 e. The topological polar surface area (TPSA) is 72.7 Å². The van der Waals surface area contributed by atoms with Crippen LogP contribution in [-0.4, -0.2) is 24.0 Å². The minimum absolute atomic E-state index is 0. The Hall–Kier alpha value is -1.93. The Morgan fingerprint density at radius 3 is 2.47 bits per heavy atom. The number of thiophene rings is 1. The van der Waals surface area contributed by atoms with E-state index in [2.05, 4.69) is 5.38 Å². The van der Waals surface area contributed by atoms with Crippen molar-refractivity contribution in [2.75, 3.05) is 18.1 Å². The van der Waals surface area contributed by atoms with Crippen molar-refractivity contribution in [2.24, 2.45) is 0 Å². The Balaban J connectivity index is 0.00000363. The summed E-state index contributed by atoms with van der Waals surface area (Å²) in [6, 6.07) is 17.6. The van der Waals surface area contributed by atoms with E-state index >= 15 is 0 Å². The normalized spacial score (nSPS) is 11.0. The molecular weight excluding hydrogens is 501 g/mol. The van der Waals surface area contributed by atoms with Crippen molar-refractivity contribution in [3.63, 3.8) is 0 Å². The van der Waals surface area contributed by atoms with E-state index in [0.717, 1.165) is 10.4 Å². The van der Waals surface area contributed by atoms with Crippen LogP contribution in [0.25, 0.3) is 0 Å². The van der Waals surface area contributed by atoms with Gasteiger partial charge < -0.3 is 4.74 Å². The van der Waals surface area contributed by atoms with Gasteiger partial charge in [-0.3, -0.25) is 31.1 Å². The molecule has 0 atom stereocenters. The second-order valence-corrected chi connectivity index (χ2v) is 9.07. The SMILES string of the molecule is CC(C)(C)c1ccc(N(CCOCc2cc[c-]s2)C(=O)c2ccccc2)c([N+](=O)[O-])c1.[Y]. The summed E-state index contributed by atoms with van der Waals surface area (Å²) in [5, 5.41) is 14.9. The summed E-state index contributed by atoms with van der Waals surface area (Å²) in [5.41, 5.74) is 1.22. The molecule has 3 aromatic rings. The van der Waals surface area contributed by atoms with Crippen molar-refractivity contribution in [3.8, 4) is 0 Å². The summed E-state index contributed by atoms with van der Waals surface area (Å²) in [5.74, 6) is -0.305. The van der Waals surface area contributed by atoms with Gasteiger partial charge in [0.05, 0.1) is 11.5 Å². The Morgan fingerprint density at radius 2 is 1.88 bits per heavy atom. The standard InChI is InChI=1S/C24H25N2O4S.Y/c1-24(2,3)19-11-12-21(22(16-19)26(28)29)25(23(27)18-8-5-4-6-9-18)13-14-30-17-20-10-7-15-31-20;/h4-12,16H,13-14,17H2,1-3H3;/q-1;. The number of hydrogen-bond acceptors (Lipinski definition) is 5. The number of carbonyl (C=O) groups is 1. The zero-order valence-electron chi connectivity index (χ0n) is 18.4.